The smallest absolute Gasteiger partial charge is 0.201 e. The Labute approximate surface area is 598 Å². The second-order valence-electron chi connectivity index (χ2n) is 23.4. The summed E-state index contributed by atoms with van der Waals surface area (Å²) in [5.41, 5.74) is 28.4. The van der Waals surface area contributed by atoms with E-state index in [1.54, 1.807) is 0 Å². The summed E-state index contributed by atoms with van der Waals surface area (Å²) in [6, 6.07) is 89.9. The predicted octanol–water partition coefficient (Wildman–Crippen LogP) is 23.0. The zero-order valence-corrected chi connectivity index (χ0v) is 64.4. The summed E-state index contributed by atoms with van der Waals surface area (Å²) < 4.78 is 10.8. The second kappa shape index (κ2) is 43.1. The minimum Gasteiger partial charge on any atom is -0.201 e. The Kier molecular flexibility index (Phi) is 35.4. The lowest BCUT2D eigenvalue weighted by Crippen LogP contribution is -2.30. The second-order valence-corrected chi connectivity index (χ2v) is 23.4. The highest BCUT2D eigenvalue weighted by Crippen LogP contribution is 2.31. The molecule has 5 heterocycles. The number of aromatic nitrogens is 5. The molecule has 0 fully saturated rings. The van der Waals surface area contributed by atoms with Gasteiger partial charge in [-0.3, -0.25) is 0 Å². The third-order valence-electron chi connectivity index (χ3n) is 16.6. The van der Waals surface area contributed by atoms with Crippen LogP contribution in [0.3, 0.4) is 0 Å². The molecule has 512 valence electrons. The van der Waals surface area contributed by atoms with E-state index in [1.807, 2.05) is 81.4 Å². The number of aryl methyl sites for hydroxylation is 12. The number of nitrogens with zero attached hydrogens (tertiary/aromatic N) is 5. The Morgan fingerprint density at radius 1 is 0.202 bits per heavy atom. The van der Waals surface area contributed by atoms with Gasteiger partial charge in [-0.25, -0.2) is 22.8 Å². The van der Waals surface area contributed by atoms with Crippen LogP contribution in [0.2, 0.25) is 0 Å². The van der Waals surface area contributed by atoms with Crippen LogP contribution in [0.1, 0.15) is 114 Å². The van der Waals surface area contributed by atoms with Crippen molar-refractivity contribution in [1.82, 2.24) is 0 Å². The first kappa shape index (κ1) is 81.2. The van der Waals surface area contributed by atoms with E-state index in [0.717, 1.165) is 0 Å². The first-order valence-corrected chi connectivity index (χ1v) is 35.8. The van der Waals surface area contributed by atoms with Crippen molar-refractivity contribution in [2.45, 2.75) is 125 Å². The first-order chi connectivity index (χ1) is 48.0. The molecule has 99 heavy (non-hydrogen) atoms. The predicted molar refractivity (Wildman–Crippen MR) is 428 cm³/mol. The topological polar surface area (TPSA) is 19.4 Å². The number of rotatable bonds is 7. The molecule has 0 aliphatic carbocycles. The van der Waals surface area contributed by atoms with E-state index in [2.05, 4.69) is 387 Å². The minimum absolute atomic E-state index is 1.24. The number of benzene rings is 8. The molecular weight excluding hydrogens is 1200 g/mol. The summed E-state index contributed by atoms with van der Waals surface area (Å²) >= 11 is 0. The van der Waals surface area contributed by atoms with Gasteiger partial charge in [-0.05, 0) is 177 Å². The molecule has 13 rings (SSSR count). The van der Waals surface area contributed by atoms with Crippen molar-refractivity contribution in [2.75, 3.05) is 0 Å². The molecular formula is C94H116N5+5. The normalized spacial score (nSPS) is 9.77. The Balaban J connectivity index is 0.000000256. The van der Waals surface area contributed by atoms with Gasteiger partial charge in [0.25, 0.3) is 0 Å². The standard InChI is InChI=1S/C19H20N.2C19H18N.C14H16N.C13H14N.5C2H6/c1-13-9-14(2)15(3)18(10-13)19-11-16-7-5-6-8-17(16)12-20(19)4;1-15-14-17(16-8-4-3-5-9-16)11-12-18(15)19-10-6-7-13-20(19)2;1-15-11-12-17(16-8-4-3-5-9-16)14-18(15)19-10-6-7-13-20(19)2;1-11-7-8-13(12(2)10-11)14-6-4-5-9-15(14)3;1-11-7-3-4-8-12(11)13-9-5-6-10-14(13)2;5*1-2/h5-12H,1-4H3;2*3-14H,1-2H3;4-10H,1-3H3;3-10H,1-2H3;5*1-2H3/q5*+1;;;;;. The maximum Gasteiger partial charge on any atom is 0.213 e. The molecule has 5 aromatic heterocycles. The summed E-state index contributed by atoms with van der Waals surface area (Å²) in [7, 11) is 10.4. The number of hydrogen-bond donors (Lipinski definition) is 0. The van der Waals surface area contributed by atoms with Crippen molar-refractivity contribution in [1.29, 1.82) is 0 Å². The molecule has 0 radical (unpaired) electrons. The van der Waals surface area contributed by atoms with E-state index in [0.29, 0.717) is 0 Å². The zero-order chi connectivity index (χ0) is 73.0. The van der Waals surface area contributed by atoms with Gasteiger partial charge >= 0.3 is 0 Å². The summed E-state index contributed by atoms with van der Waals surface area (Å²) in [6.45, 7) is 37.3. The van der Waals surface area contributed by atoms with Crippen LogP contribution in [0.5, 0.6) is 0 Å². The van der Waals surface area contributed by atoms with E-state index < -0.39 is 0 Å². The number of pyridine rings is 5. The minimum atomic E-state index is 1.24. The molecule has 0 aliphatic heterocycles. The highest BCUT2D eigenvalue weighted by Gasteiger charge is 2.18. The lowest BCUT2D eigenvalue weighted by atomic mass is 9.96. The lowest BCUT2D eigenvalue weighted by molar-refractivity contribution is -0.660. The average molecular weight is 1320 g/mol. The molecule has 0 N–H and O–H groups in total. The van der Waals surface area contributed by atoms with Crippen LogP contribution in [0, 0.1) is 55.4 Å². The summed E-state index contributed by atoms with van der Waals surface area (Å²) in [5.74, 6) is 0. The molecule has 0 saturated heterocycles. The van der Waals surface area contributed by atoms with E-state index in [4.69, 9.17) is 0 Å². The van der Waals surface area contributed by atoms with Crippen LogP contribution in [0.4, 0.5) is 0 Å². The van der Waals surface area contributed by atoms with Crippen molar-refractivity contribution < 1.29 is 22.8 Å². The van der Waals surface area contributed by atoms with Gasteiger partial charge in [0.05, 0.1) is 0 Å². The monoisotopic (exact) mass is 1310 g/mol. The Morgan fingerprint density at radius 3 is 1.02 bits per heavy atom. The van der Waals surface area contributed by atoms with Gasteiger partial charge in [-0.15, -0.1) is 0 Å². The van der Waals surface area contributed by atoms with Crippen molar-refractivity contribution in [3.05, 3.63) is 330 Å². The fourth-order valence-electron chi connectivity index (χ4n) is 11.5. The SMILES string of the molecule is CC.CC.CC.CC.CC.Cc1cc(-c2ccccc2)ccc1-c1cccc[n+]1C.Cc1cc(C)c(C)c(-c2cc3ccccc3c[n+]2C)c1.Cc1ccc(-c2cccc[n+]2C)c(C)c1.Cc1ccc(-c2ccccc2)cc1-c1cccc[n+]1C.Cc1ccccc1-c1cccc[n+]1C. The van der Waals surface area contributed by atoms with Crippen LogP contribution in [-0.4, -0.2) is 0 Å². The third kappa shape index (κ3) is 23.2. The molecule has 5 nitrogen and oxygen atoms in total. The van der Waals surface area contributed by atoms with E-state index in [-0.39, 0.29) is 0 Å². The van der Waals surface area contributed by atoms with Crippen molar-refractivity contribution in [2.24, 2.45) is 35.2 Å². The molecule has 0 atom stereocenters. The number of fused-ring (bicyclic) bond motifs is 1. The zero-order valence-electron chi connectivity index (χ0n) is 64.4. The fourth-order valence-corrected chi connectivity index (χ4v) is 11.5. The van der Waals surface area contributed by atoms with Crippen LogP contribution in [0.25, 0.3) is 89.3 Å². The lowest BCUT2D eigenvalue weighted by Gasteiger charge is -2.10. The van der Waals surface area contributed by atoms with Crippen molar-refractivity contribution in [3.8, 4) is 78.5 Å². The molecule has 8 aromatic carbocycles. The Bertz CT molecular complexity index is 4480. The average Bonchev–Trinajstić information content (AvgIpc) is 0.804. The van der Waals surface area contributed by atoms with Crippen molar-refractivity contribution in [3.63, 3.8) is 0 Å². The van der Waals surface area contributed by atoms with Crippen LogP contribution in [0.15, 0.2) is 286 Å². The molecule has 0 unspecified atom stereocenters. The van der Waals surface area contributed by atoms with Gasteiger partial charge < -0.3 is 0 Å². The molecule has 0 saturated carbocycles. The maximum atomic E-state index is 2.29. The summed E-state index contributed by atoms with van der Waals surface area (Å²) in [4.78, 5) is 0. The van der Waals surface area contributed by atoms with E-state index >= 15 is 0 Å². The number of hydrogen-bond acceptors (Lipinski definition) is 0. The molecule has 13 aromatic rings. The molecule has 0 bridgehead atoms. The largest absolute Gasteiger partial charge is 0.213 e. The van der Waals surface area contributed by atoms with E-state index in [1.165, 1.54) is 134 Å². The summed E-state index contributed by atoms with van der Waals surface area (Å²) in [5, 5.41) is 2.57. The van der Waals surface area contributed by atoms with Crippen LogP contribution in [-0.2, 0) is 35.2 Å². The maximum absolute atomic E-state index is 2.29. The van der Waals surface area contributed by atoms with Gasteiger partial charge in [0, 0.05) is 87.8 Å². The third-order valence-corrected chi connectivity index (χ3v) is 16.6. The van der Waals surface area contributed by atoms with Gasteiger partial charge in [0.15, 0.2) is 31.0 Å². The Hall–Kier alpha value is -10.2. The van der Waals surface area contributed by atoms with E-state index in [9.17, 15) is 0 Å². The molecule has 0 spiro atoms. The quantitative estimate of drug-likeness (QED) is 0.142. The molecule has 0 amide bonds. The Morgan fingerprint density at radius 2 is 0.566 bits per heavy atom. The van der Waals surface area contributed by atoms with Crippen molar-refractivity contribution >= 4 is 10.8 Å². The molecule has 5 heteroatoms. The van der Waals surface area contributed by atoms with Gasteiger partial charge in [-0.1, -0.05) is 220 Å². The molecule has 0 aliphatic rings. The van der Waals surface area contributed by atoms with Crippen LogP contribution < -0.4 is 22.8 Å². The first-order valence-electron chi connectivity index (χ1n) is 35.8. The fraction of sp³-hybridized carbons (Fsp3) is 0.245. The van der Waals surface area contributed by atoms with Crippen LogP contribution >= 0.6 is 0 Å². The summed E-state index contributed by atoms with van der Waals surface area (Å²) in [6.07, 6.45) is 10.5. The highest BCUT2D eigenvalue weighted by molar-refractivity contribution is 5.84. The van der Waals surface area contributed by atoms with Gasteiger partial charge in [0.1, 0.15) is 35.2 Å². The van der Waals surface area contributed by atoms with Gasteiger partial charge in [0.2, 0.25) is 28.5 Å². The highest BCUT2D eigenvalue weighted by atomic mass is 14.9. The van der Waals surface area contributed by atoms with Gasteiger partial charge in [-0.2, -0.15) is 0 Å².